The number of urea groups is 1. The number of hydrogen-bond acceptors (Lipinski definition) is 7. The number of hydrogen-bond donors (Lipinski definition) is 4. The van der Waals surface area contributed by atoms with Crippen LogP contribution in [0.25, 0.3) is 0 Å². The molecule has 0 radical (unpaired) electrons. The van der Waals surface area contributed by atoms with Crippen LogP contribution >= 0.6 is 0 Å². The summed E-state index contributed by atoms with van der Waals surface area (Å²) in [6.45, 7) is 0.164. The van der Waals surface area contributed by atoms with Crippen LogP contribution in [-0.2, 0) is 11.2 Å². The molecule has 2 rings (SSSR count). The molecule has 0 fully saturated rings. The summed E-state index contributed by atoms with van der Waals surface area (Å²) in [4.78, 5) is 25.2. The van der Waals surface area contributed by atoms with E-state index in [1.807, 2.05) is 6.07 Å². The molecule has 0 spiro atoms. The van der Waals surface area contributed by atoms with Gasteiger partial charge in [0.05, 0.1) is 39.5 Å². The molecule has 0 heterocycles. The molecule has 0 aliphatic rings. The van der Waals surface area contributed by atoms with Crippen LogP contribution in [0.15, 0.2) is 36.4 Å². The van der Waals surface area contributed by atoms with E-state index < -0.39 is 18.0 Å². The van der Waals surface area contributed by atoms with Gasteiger partial charge in [-0.2, -0.15) is 5.26 Å². The second-order valence-electron chi connectivity index (χ2n) is 6.63. The molecule has 2 aromatic carbocycles. The Balaban J connectivity index is 2.17. The van der Waals surface area contributed by atoms with Crippen molar-refractivity contribution in [1.29, 1.82) is 5.26 Å². The number of nitriles is 1. The van der Waals surface area contributed by atoms with Crippen molar-refractivity contribution in [1.82, 2.24) is 10.6 Å². The maximum Gasteiger partial charge on any atom is 0.319 e. The molecule has 170 valence electrons. The van der Waals surface area contributed by atoms with Crippen LogP contribution in [0.1, 0.15) is 12.0 Å². The third kappa shape index (κ3) is 6.70. The third-order valence-corrected chi connectivity index (χ3v) is 4.46. The molecule has 3 amide bonds. The Morgan fingerprint density at radius 3 is 2.22 bits per heavy atom. The summed E-state index contributed by atoms with van der Waals surface area (Å²) in [5.74, 6) is 0.752. The third-order valence-electron chi connectivity index (χ3n) is 4.46. The number of nitrogens with zero attached hydrogens (tertiary/aromatic N) is 1. The predicted molar refractivity (Wildman–Crippen MR) is 117 cm³/mol. The van der Waals surface area contributed by atoms with Crippen molar-refractivity contribution in [3.05, 3.63) is 42.0 Å². The van der Waals surface area contributed by atoms with Gasteiger partial charge in [-0.3, -0.25) is 4.79 Å². The normalized spacial score (nSPS) is 10.9. The van der Waals surface area contributed by atoms with Crippen molar-refractivity contribution in [2.45, 2.75) is 18.9 Å². The molecule has 2 aromatic rings. The number of aromatic hydroxyl groups is 1. The monoisotopic (exact) mass is 442 g/mol. The van der Waals surface area contributed by atoms with Gasteiger partial charge in [-0.25, -0.2) is 4.79 Å². The molecule has 0 aromatic heterocycles. The lowest BCUT2D eigenvalue weighted by molar-refractivity contribution is -0.122. The summed E-state index contributed by atoms with van der Waals surface area (Å²) in [6, 6.07) is 9.83. The molecule has 10 nitrogen and oxygen atoms in total. The van der Waals surface area contributed by atoms with Gasteiger partial charge in [0.1, 0.15) is 11.8 Å². The van der Waals surface area contributed by atoms with Crippen molar-refractivity contribution >= 4 is 17.6 Å². The number of amides is 3. The molecule has 0 aliphatic heterocycles. The Hall–Kier alpha value is -4.13. The number of benzene rings is 2. The van der Waals surface area contributed by atoms with Gasteiger partial charge in [-0.05, 0) is 17.7 Å². The molecule has 0 saturated heterocycles. The number of carbonyl (C=O) groups excluding carboxylic acids is 2. The molecular formula is C22H26N4O6. The lowest BCUT2D eigenvalue weighted by Crippen LogP contribution is -2.49. The maximum absolute atomic E-state index is 12.6. The van der Waals surface area contributed by atoms with Crippen LogP contribution < -0.4 is 30.2 Å². The first-order valence-electron chi connectivity index (χ1n) is 9.71. The fraction of sp³-hybridized carbons (Fsp3) is 0.318. The van der Waals surface area contributed by atoms with Gasteiger partial charge < -0.3 is 35.3 Å². The van der Waals surface area contributed by atoms with E-state index >= 15 is 0 Å². The number of anilines is 1. The SMILES string of the molecule is COc1cc(NC(=O)NC(Cc2ccc(O)cc2)C(=O)NCCC#N)cc(OC)c1OC. The first-order chi connectivity index (χ1) is 15.4. The molecule has 4 N–H and O–H groups in total. The number of methoxy groups -OCH3 is 3. The van der Waals surface area contributed by atoms with Crippen LogP contribution in [0.3, 0.4) is 0 Å². The van der Waals surface area contributed by atoms with Crippen molar-refractivity contribution in [2.75, 3.05) is 33.2 Å². The summed E-state index contributed by atoms with van der Waals surface area (Å²) in [6.07, 6.45) is 0.330. The number of nitrogens with one attached hydrogen (secondary N) is 3. The first-order valence-corrected chi connectivity index (χ1v) is 9.71. The molecule has 10 heteroatoms. The van der Waals surface area contributed by atoms with Crippen molar-refractivity contribution in [2.24, 2.45) is 0 Å². The molecule has 0 bridgehead atoms. The van der Waals surface area contributed by atoms with E-state index in [9.17, 15) is 14.7 Å². The van der Waals surface area contributed by atoms with Crippen molar-refractivity contribution in [3.8, 4) is 29.1 Å². The van der Waals surface area contributed by atoms with Crippen molar-refractivity contribution in [3.63, 3.8) is 0 Å². The highest BCUT2D eigenvalue weighted by Gasteiger charge is 2.22. The summed E-state index contributed by atoms with van der Waals surface area (Å²) < 4.78 is 15.8. The van der Waals surface area contributed by atoms with Gasteiger partial charge >= 0.3 is 6.03 Å². The van der Waals surface area contributed by atoms with Gasteiger partial charge in [-0.1, -0.05) is 12.1 Å². The average Bonchev–Trinajstić information content (AvgIpc) is 2.79. The summed E-state index contributed by atoms with van der Waals surface area (Å²) in [5.41, 5.74) is 1.10. The fourth-order valence-electron chi connectivity index (χ4n) is 2.92. The zero-order valence-corrected chi connectivity index (χ0v) is 18.1. The average molecular weight is 442 g/mol. The number of phenolic OH excluding ortho intramolecular Hbond substituents is 1. The number of ether oxygens (including phenoxy) is 3. The predicted octanol–water partition coefficient (Wildman–Crippen LogP) is 2.18. The van der Waals surface area contributed by atoms with Crippen LogP contribution in [0, 0.1) is 11.3 Å². The van der Waals surface area contributed by atoms with Crippen LogP contribution in [0.2, 0.25) is 0 Å². The second kappa shape index (κ2) is 11.9. The Labute approximate surface area is 186 Å². The van der Waals surface area contributed by atoms with E-state index in [0.717, 1.165) is 5.56 Å². The highest BCUT2D eigenvalue weighted by molar-refractivity contribution is 5.94. The Kier molecular flexibility index (Phi) is 8.98. The van der Waals surface area contributed by atoms with E-state index in [2.05, 4.69) is 16.0 Å². The lowest BCUT2D eigenvalue weighted by Gasteiger charge is -2.19. The second-order valence-corrected chi connectivity index (χ2v) is 6.63. The minimum Gasteiger partial charge on any atom is -0.508 e. The topological polar surface area (TPSA) is 142 Å². The van der Waals surface area contributed by atoms with Crippen LogP contribution in [0.5, 0.6) is 23.0 Å². The van der Waals surface area contributed by atoms with Gasteiger partial charge in [0.15, 0.2) is 11.5 Å². The molecule has 32 heavy (non-hydrogen) atoms. The molecular weight excluding hydrogens is 416 g/mol. The van der Waals surface area contributed by atoms with Gasteiger partial charge in [-0.15, -0.1) is 0 Å². The smallest absolute Gasteiger partial charge is 0.319 e. The Morgan fingerprint density at radius 2 is 1.69 bits per heavy atom. The highest BCUT2D eigenvalue weighted by Crippen LogP contribution is 2.39. The van der Waals surface area contributed by atoms with Gasteiger partial charge in [0.2, 0.25) is 11.7 Å². The van der Waals surface area contributed by atoms with E-state index in [4.69, 9.17) is 19.5 Å². The van der Waals surface area contributed by atoms with Gasteiger partial charge in [0, 0.05) is 25.1 Å². The largest absolute Gasteiger partial charge is 0.508 e. The minimum absolute atomic E-state index is 0.0943. The van der Waals surface area contributed by atoms with E-state index in [1.165, 1.54) is 33.5 Å². The Bertz CT molecular complexity index is 946. The number of phenols is 1. The summed E-state index contributed by atoms with van der Waals surface area (Å²) in [7, 11) is 4.39. The zero-order chi connectivity index (χ0) is 23.5. The quantitative estimate of drug-likeness (QED) is 0.413. The minimum atomic E-state index is -0.916. The molecule has 1 atom stereocenters. The van der Waals surface area contributed by atoms with E-state index in [1.54, 1.807) is 24.3 Å². The van der Waals surface area contributed by atoms with Gasteiger partial charge in [0.25, 0.3) is 0 Å². The molecule has 1 unspecified atom stereocenters. The lowest BCUT2D eigenvalue weighted by atomic mass is 10.1. The molecule has 0 saturated carbocycles. The standard InChI is InChI=1S/C22H26N4O6/c1-30-18-12-15(13-19(31-2)20(18)32-3)25-22(29)26-17(21(28)24-10-4-9-23)11-14-5-7-16(27)8-6-14/h5-8,12-13,17,27H,4,10-11H2,1-3H3,(H,24,28)(H2,25,26,29). The summed E-state index contributed by atoms with van der Waals surface area (Å²) in [5, 5.41) is 26.1. The van der Waals surface area contributed by atoms with Crippen molar-refractivity contribution < 1.29 is 28.9 Å². The summed E-state index contributed by atoms with van der Waals surface area (Å²) >= 11 is 0. The highest BCUT2D eigenvalue weighted by atomic mass is 16.5. The first kappa shape index (κ1) is 24.1. The molecule has 0 aliphatic carbocycles. The fourth-order valence-corrected chi connectivity index (χ4v) is 2.92. The van der Waals surface area contributed by atoms with E-state index in [-0.39, 0.29) is 25.1 Å². The number of carbonyl (C=O) groups is 2. The number of rotatable bonds is 10. The van der Waals surface area contributed by atoms with E-state index in [0.29, 0.717) is 22.9 Å². The van der Waals surface area contributed by atoms with Crippen LogP contribution in [0.4, 0.5) is 10.5 Å². The van der Waals surface area contributed by atoms with Crippen LogP contribution in [-0.4, -0.2) is 51.0 Å². The Morgan fingerprint density at radius 1 is 1.06 bits per heavy atom. The maximum atomic E-state index is 12.6. The zero-order valence-electron chi connectivity index (χ0n) is 18.1.